The van der Waals surface area contributed by atoms with Gasteiger partial charge in [0.25, 0.3) is 0 Å². The summed E-state index contributed by atoms with van der Waals surface area (Å²) in [5, 5.41) is 6.50. The normalized spacial score (nSPS) is 0.500. The summed E-state index contributed by atoms with van der Waals surface area (Å²) < 4.78 is 0. The Hall–Kier alpha value is 0.828. The van der Waals surface area contributed by atoms with Crippen molar-refractivity contribution in [3.8, 4) is 6.57 Å². The van der Waals surface area contributed by atoms with Crippen LogP contribution in [0, 0.1) is 11.8 Å². The van der Waals surface area contributed by atoms with Crippen LogP contribution in [0.25, 0.3) is 0 Å². The Morgan fingerprint density at radius 2 is 1.25 bits per heavy atom. The first-order valence-electron chi connectivity index (χ1n) is 0.258. The topological polar surface area (TPSA) is 23.8 Å². The Morgan fingerprint density at radius 1 is 1.25 bits per heavy atom. The molecule has 0 heterocycles. The van der Waals surface area contributed by atoms with Gasteiger partial charge in [-0.05, 0) is 0 Å². The van der Waals surface area contributed by atoms with Crippen LogP contribution in [0.1, 0.15) is 0 Å². The zero-order chi connectivity index (χ0) is 2.00. The van der Waals surface area contributed by atoms with Gasteiger partial charge < -0.3 is 0 Å². The summed E-state index contributed by atoms with van der Waals surface area (Å²) in [5.41, 5.74) is 0. The fraction of sp³-hybridized carbons (Fsp3) is 0. The molecule has 4 heavy (non-hydrogen) atoms. The second-order valence-electron chi connectivity index (χ2n) is 0. The van der Waals surface area contributed by atoms with E-state index in [0.717, 1.165) is 0 Å². The van der Waals surface area contributed by atoms with Crippen LogP contribution in [0.4, 0.5) is 0 Å². The minimum atomic E-state index is 0. The molecule has 23 valence electrons. The molecule has 0 N–H and O–H groups in total. The molecule has 3 heteroatoms. The van der Waals surface area contributed by atoms with Crippen molar-refractivity contribution in [1.82, 2.24) is 0 Å². The molecule has 0 aromatic carbocycles. The predicted molar refractivity (Wildman–Crippen MR) is 13.8 cm³/mol. The molecule has 1 nitrogen and oxygen atoms in total. The zero-order valence-corrected chi connectivity index (χ0v) is 3.49. The summed E-state index contributed by atoms with van der Waals surface area (Å²) in [6, 6.07) is 0. The van der Waals surface area contributed by atoms with Crippen LogP contribution >= 0.6 is 0 Å². The molecule has 0 aliphatic heterocycles. The van der Waals surface area contributed by atoms with E-state index in [-0.39, 0.29) is 41.2 Å². The standard InChI is InChI=1S/CHN.Au.Li.H/c1-2;;;/h1H;;;. The monoisotopic (exact) mass is 232 g/mol. The first-order chi connectivity index (χ1) is 1.00. The zero-order valence-electron chi connectivity index (χ0n) is 1.33. The van der Waals surface area contributed by atoms with Crippen molar-refractivity contribution in [3.05, 3.63) is 0 Å². The van der Waals surface area contributed by atoms with Crippen molar-refractivity contribution >= 4 is 18.9 Å². The maximum absolute atomic E-state index is 6.50. The molecule has 0 saturated carbocycles. The molecule has 0 aromatic heterocycles. The molecule has 0 amide bonds. The Balaban J connectivity index is -0.00000000500. The van der Waals surface area contributed by atoms with E-state index in [9.17, 15) is 0 Å². The SMILES string of the molecule is C#N.[Au].[LiH]. The summed E-state index contributed by atoms with van der Waals surface area (Å²) in [4.78, 5) is 0. The van der Waals surface area contributed by atoms with Crippen LogP contribution in [0.3, 0.4) is 0 Å². The first kappa shape index (κ1) is 21.2. The van der Waals surface area contributed by atoms with Gasteiger partial charge in [0.05, 0.1) is 0 Å². The van der Waals surface area contributed by atoms with Gasteiger partial charge >= 0.3 is 18.9 Å². The first-order valence-corrected chi connectivity index (χ1v) is 0.258. The number of rotatable bonds is 0. The second-order valence-corrected chi connectivity index (χ2v) is 0. The van der Waals surface area contributed by atoms with E-state index in [1.807, 2.05) is 0 Å². The molecule has 0 bridgehead atoms. The Bertz CT molecular complexity index is 12.8. The maximum atomic E-state index is 6.50. The fourth-order valence-electron chi connectivity index (χ4n) is 0. The molecule has 1 radical (unpaired) electrons. The number of hydrogen-bond donors (Lipinski definition) is 0. The Kier molecular flexibility index (Phi) is 237. The Labute approximate surface area is 53.1 Å². The van der Waals surface area contributed by atoms with Gasteiger partial charge in [0.2, 0.25) is 0 Å². The molecule has 0 saturated heterocycles. The van der Waals surface area contributed by atoms with Crippen LogP contribution in [-0.2, 0) is 22.4 Å². The third kappa shape index (κ3) is 13.8. The van der Waals surface area contributed by atoms with Gasteiger partial charge in [0, 0.05) is 29.0 Å². The summed E-state index contributed by atoms with van der Waals surface area (Å²) in [7, 11) is 0. The van der Waals surface area contributed by atoms with Gasteiger partial charge in [0.1, 0.15) is 0 Å². The summed E-state index contributed by atoms with van der Waals surface area (Å²) in [6.07, 6.45) is 0. The van der Waals surface area contributed by atoms with Crippen LogP contribution < -0.4 is 0 Å². The van der Waals surface area contributed by atoms with Gasteiger partial charge in [-0.2, -0.15) is 0 Å². The van der Waals surface area contributed by atoms with E-state index < -0.39 is 0 Å². The van der Waals surface area contributed by atoms with Gasteiger partial charge in [-0.1, -0.05) is 0 Å². The third-order valence-corrected chi connectivity index (χ3v) is 0. The molecule has 0 aliphatic rings. The van der Waals surface area contributed by atoms with Crippen molar-refractivity contribution in [1.29, 1.82) is 5.26 Å². The quantitative estimate of drug-likeness (QED) is 0.516. The summed E-state index contributed by atoms with van der Waals surface area (Å²) in [6.45, 7) is 3.50. The van der Waals surface area contributed by atoms with Crippen LogP contribution in [0.2, 0.25) is 0 Å². The fourth-order valence-corrected chi connectivity index (χ4v) is 0. The summed E-state index contributed by atoms with van der Waals surface area (Å²) in [5.74, 6) is 0. The van der Waals surface area contributed by atoms with Gasteiger partial charge in [0.15, 0.2) is 0 Å². The van der Waals surface area contributed by atoms with Crippen molar-refractivity contribution in [3.63, 3.8) is 0 Å². The van der Waals surface area contributed by atoms with Crippen LogP contribution in [0.15, 0.2) is 0 Å². The molecule has 0 rings (SSSR count). The third-order valence-electron chi connectivity index (χ3n) is 0. The molecular weight excluding hydrogens is 230 g/mol. The molecule has 0 fully saturated rings. The van der Waals surface area contributed by atoms with Gasteiger partial charge in [-0.25, -0.2) is 5.26 Å². The summed E-state index contributed by atoms with van der Waals surface area (Å²) >= 11 is 0. The molecule has 0 unspecified atom stereocenters. The van der Waals surface area contributed by atoms with Crippen molar-refractivity contribution in [2.45, 2.75) is 0 Å². The van der Waals surface area contributed by atoms with E-state index in [0.29, 0.717) is 0 Å². The predicted octanol–water partition coefficient (Wildman–Crippen LogP) is -0.511. The van der Waals surface area contributed by atoms with Crippen molar-refractivity contribution < 1.29 is 22.4 Å². The number of nitrogens with zero attached hydrogens (tertiary/aromatic N) is 1. The number of hydrogen-bond acceptors (Lipinski definition) is 1. The molecule has 0 spiro atoms. The van der Waals surface area contributed by atoms with Crippen molar-refractivity contribution in [2.24, 2.45) is 0 Å². The van der Waals surface area contributed by atoms with Crippen LogP contribution in [0.5, 0.6) is 0 Å². The van der Waals surface area contributed by atoms with E-state index in [2.05, 4.69) is 6.57 Å². The average molecular weight is 232 g/mol. The molecule has 0 aromatic rings. The van der Waals surface area contributed by atoms with E-state index in [1.165, 1.54) is 0 Å². The second kappa shape index (κ2) is 44.7. The van der Waals surface area contributed by atoms with Gasteiger partial charge in [-0.15, -0.1) is 0 Å². The van der Waals surface area contributed by atoms with E-state index in [1.54, 1.807) is 0 Å². The van der Waals surface area contributed by atoms with Crippen LogP contribution in [-0.4, -0.2) is 18.9 Å². The average Bonchev–Trinajstić information content (AvgIpc) is 1.00. The minimum absolute atomic E-state index is 0. The molecular formula is CH2AuLiN. The molecule has 0 aliphatic carbocycles. The molecule has 0 atom stereocenters. The number of nitriles is 1. The van der Waals surface area contributed by atoms with E-state index >= 15 is 0 Å². The van der Waals surface area contributed by atoms with Gasteiger partial charge in [-0.3, -0.25) is 0 Å². The Morgan fingerprint density at radius 3 is 1.25 bits per heavy atom. The van der Waals surface area contributed by atoms with E-state index in [4.69, 9.17) is 5.26 Å². The van der Waals surface area contributed by atoms with Crippen molar-refractivity contribution in [2.75, 3.05) is 0 Å².